The van der Waals surface area contributed by atoms with Crippen molar-refractivity contribution in [1.29, 1.82) is 0 Å². The molecule has 0 unspecified atom stereocenters. The van der Waals surface area contributed by atoms with E-state index in [1.807, 2.05) is 13.0 Å². The summed E-state index contributed by atoms with van der Waals surface area (Å²) in [5.74, 6) is 0.0769. The zero-order valence-electron chi connectivity index (χ0n) is 13.4. The highest BCUT2D eigenvalue weighted by atomic mass is 32.1. The third-order valence-electron chi connectivity index (χ3n) is 4.06. The number of carbonyl (C=O) groups excluding carboxylic acids is 1. The SMILES string of the molecule is CCCC(=O)Nc1sc2c(c1-c1nc3cnccc3s1)CCNC2. The number of aromatic nitrogens is 2. The van der Waals surface area contributed by atoms with Gasteiger partial charge in [0, 0.05) is 29.6 Å². The monoisotopic (exact) mass is 358 g/mol. The fourth-order valence-electron chi connectivity index (χ4n) is 2.95. The Hall–Kier alpha value is -1.83. The molecule has 124 valence electrons. The Morgan fingerprint density at radius 1 is 1.42 bits per heavy atom. The lowest BCUT2D eigenvalue weighted by molar-refractivity contribution is -0.116. The van der Waals surface area contributed by atoms with Gasteiger partial charge in [0.2, 0.25) is 5.91 Å². The van der Waals surface area contributed by atoms with Crippen LogP contribution in [0, 0.1) is 0 Å². The van der Waals surface area contributed by atoms with E-state index in [2.05, 4.69) is 15.6 Å². The molecule has 24 heavy (non-hydrogen) atoms. The topological polar surface area (TPSA) is 66.9 Å². The number of rotatable bonds is 4. The van der Waals surface area contributed by atoms with Crippen molar-refractivity contribution in [3.63, 3.8) is 0 Å². The van der Waals surface area contributed by atoms with Crippen molar-refractivity contribution in [2.24, 2.45) is 0 Å². The van der Waals surface area contributed by atoms with Gasteiger partial charge in [0.05, 0.1) is 10.9 Å². The standard InChI is InChI=1S/C17H18N4OS2/c1-2-3-14(22)21-17-15(10-4-6-19-9-13(10)24-17)16-20-11-8-18-7-5-12(11)23-16/h5,7-8,19H,2-4,6,9H2,1H3,(H,21,22). The van der Waals surface area contributed by atoms with Crippen LogP contribution in [-0.2, 0) is 17.8 Å². The maximum Gasteiger partial charge on any atom is 0.224 e. The summed E-state index contributed by atoms with van der Waals surface area (Å²) < 4.78 is 1.12. The van der Waals surface area contributed by atoms with Crippen LogP contribution in [0.2, 0.25) is 0 Å². The minimum atomic E-state index is 0.0769. The van der Waals surface area contributed by atoms with Crippen molar-refractivity contribution < 1.29 is 4.79 Å². The smallest absolute Gasteiger partial charge is 0.224 e. The zero-order valence-corrected chi connectivity index (χ0v) is 15.0. The molecule has 0 atom stereocenters. The number of nitrogens with one attached hydrogen (secondary N) is 2. The van der Waals surface area contributed by atoms with E-state index < -0.39 is 0 Å². The molecule has 5 nitrogen and oxygen atoms in total. The minimum Gasteiger partial charge on any atom is -0.317 e. The first-order chi connectivity index (χ1) is 11.8. The lowest BCUT2D eigenvalue weighted by Crippen LogP contribution is -2.22. The fourth-order valence-corrected chi connectivity index (χ4v) is 5.26. The van der Waals surface area contributed by atoms with Gasteiger partial charge in [-0.1, -0.05) is 6.92 Å². The Morgan fingerprint density at radius 3 is 3.17 bits per heavy atom. The summed E-state index contributed by atoms with van der Waals surface area (Å²) in [6.07, 6.45) is 5.95. The summed E-state index contributed by atoms with van der Waals surface area (Å²) in [6.45, 7) is 3.85. The van der Waals surface area contributed by atoms with Crippen LogP contribution >= 0.6 is 22.7 Å². The average Bonchev–Trinajstić information content (AvgIpc) is 3.14. The first kappa shape index (κ1) is 15.7. The number of thiophene rings is 1. The van der Waals surface area contributed by atoms with E-state index in [1.54, 1.807) is 35.1 Å². The van der Waals surface area contributed by atoms with E-state index in [-0.39, 0.29) is 5.91 Å². The third-order valence-corrected chi connectivity index (χ3v) is 6.26. The number of nitrogens with zero attached hydrogens (tertiary/aromatic N) is 2. The molecule has 2 N–H and O–H groups in total. The zero-order chi connectivity index (χ0) is 16.5. The molecule has 0 fully saturated rings. The van der Waals surface area contributed by atoms with Crippen molar-refractivity contribution in [1.82, 2.24) is 15.3 Å². The van der Waals surface area contributed by atoms with Crippen LogP contribution in [0.1, 0.15) is 30.2 Å². The van der Waals surface area contributed by atoms with E-state index in [1.165, 1.54) is 10.4 Å². The summed E-state index contributed by atoms with van der Waals surface area (Å²) in [5, 5.41) is 8.44. The van der Waals surface area contributed by atoms with E-state index in [0.29, 0.717) is 6.42 Å². The lowest BCUT2D eigenvalue weighted by atomic mass is 10.0. The van der Waals surface area contributed by atoms with Crippen LogP contribution in [0.4, 0.5) is 5.00 Å². The molecule has 0 saturated heterocycles. The first-order valence-corrected chi connectivity index (χ1v) is 9.75. The van der Waals surface area contributed by atoms with Gasteiger partial charge in [-0.05, 0) is 31.0 Å². The van der Waals surface area contributed by atoms with Crippen molar-refractivity contribution in [2.45, 2.75) is 32.7 Å². The molecule has 3 aromatic heterocycles. The minimum absolute atomic E-state index is 0.0769. The van der Waals surface area contributed by atoms with E-state index in [9.17, 15) is 4.79 Å². The number of pyridine rings is 1. The molecular formula is C17H18N4OS2. The quantitative estimate of drug-likeness (QED) is 0.744. The van der Waals surface area contributed by atoms with Gasteiger partial charge in [-0.15, -0.1) is 22.7 Å². The molecule has 0 bridgehead atoms. The molecule has 4 rings (SSSR count). The number of thiazole rings is 1. The summed E-state index contributed by atoms with van der Waals surface area (Å²) >= 11 is 3.34. The lowest BCUT2D eigenvalue weighted by Gasteiger charge is -2.13. The summed E-state index contributed by atoms with van der Waals surface area (Å²) in [4.78, 5) is 22.4. The molecule has 0 aliphatic carbocycles. The Kier molecular flexibility index (Phi) is 4.30. The largest absolute Gasteiger partial charge is 0.317 e. The Morgan fingerprint density at radius 2 is 2.33 bits per heavy atom. The van der Waals surface area contributed by atoms with Gasteiger partial charge >= 0.3 is 0 Å². The van der Waals surface area contributed by atoms with Crippen molar-refractivity contribution >= 4 is 43.8 Å². The van der Waals surface area contributed by atoms with Crippen molar-refractivity contribution in [3.05, 3.63) is 28.9 Å². The number of anilines is 1. The first-order valence-electron chi connectivity index (χ1n) is 8.12. The number of fused-ring (bicyclic) bond motifs is 2. The highest BCUT2D eigenvalue weighted by molar-refractivity contribution is 7.22. The van der Waals surface area contributed by atoms with E-state index >= 15 is 0 Å². The van der Waals surface area contributed by atoms with Gasteiger partial charge in [-0.2, -0.15) is 0 Å². The van der Waals surface area contributed by atoms with Gasteiger partial charge < -0.3 is 10.6 Å². The van der Waals surface area contributed by atoms with Gasteiger partial charge in [0.25, 0.3) is 0 Å². The Bertz CT molecular complexity index is 866. The van der Waals surface area contributed by atoms with Gasteiger partial charge in [0.1, 0.15) is 15.5 Å². The molecular weight excluding hydrogens is 340 g/mol. The molecule has 1 amide bonds. The molecule has 0 saturated carbocycles. The van der Waals surface area contributed by atoms with Crippen molar-refractivity contribution in [2.75, 3.05) is 11.9 Å². The molecule has 4 heterocycles. The Balaban J connectivity index is 1.82. The number of amides is 1. The van der Waals surface area contributed by atoms with Gasteiger partial charge in [-0.3, -0.25) is 9.78 Å². The molecule has 3 aromatic rings. The van der Waals surface area contributed by atoms with Crippen molar-refractivity contribution in [3.8, 4) is 10.6 Å². The highest BCUT2D eigenvalue weighted by Gasteiger charge is 2.24. The maximum atomic E-state index is 12.1. The normalized spacial score (nSPS) is 13.9. The van der Waals surface area contributed by atoms with E-state index in [4.69, 9.17) is 4.98 Å². The fraction of sp³-hybridized carbons (Fsp3) is 0.353. The van der Waals surface area contributed by atoms with Crippen LogP contribution in [-0.4, -0.2) is 22.4 Å². The molecule has 1 aliphatic rings. The summed E-state index contributed by atoms with van der Waals surface area (Å²) in [6, 6.07) is 1.99. The summed E-state index contributed by atoms with van der Waals surface area (Å²) in [7, 11) is 0. The van der Waals surface area contributed by atoms with Crippen LogP contribution in [0.5, 0.6) is 0 Å². The number of carbonyl (C=O) groups is 1. The maximum absolute atomic E-state index is 12.1. The van der Waals surface area contributed by atoms with Crippen LogP contribution < -0.4 is 10.6 Å². The highest BCUT2D eigenvalue weighted by Crippen LogP contribution is 2.44. The molecule has 0 spiro atoms. The number of hydrogen-bond acceptors (Lipinski definition) is 6. The second kappa shape index (κ2) is 6.58. The van der Waals surface area contributed by atoms with Gasteiger partial charge in [0.15, 0.2) is 0 Å². The molecule has 0 radical (unpaired) electrons. The molecule has 0 aromatic carbocycles. The van der Waals surface area contributed by atoms with E-state index in [0.717, 1.165) is 51.7 Å². The molecule has 1 aliphatic heterocycles. The molecule has 7 heteroatoms. The van der Waals surface area contributed by atoms with Crippen LogP contribution in [0.25, 0.3) is 20.8 Å². The average molecular weight is 358 g/mol. The predicted molar refractivity (Wildman–Crippen MR) is 99.7 cm³/mol. The second-order valence-electron chi connectivity index (χ2n) is 5.80. The van der Waals surface area contributed by atoms with Crippen LogP contribution in [0.3, 0.4) is 0 Å². The third kappa shape index (κ3) is 2.83. The predicted octanol–water partition coefficient (Wildman–Crippen LogP) is 3.80. The van der Waals surface area contributed by atoms with Crippen LogP contribution in [0.15, 0.2) is 18.5 Å². The summed E-state index contributed by atoms with van der Waals surface area (Å²) in [5.41, 5.74) is 3.36. The Labute approximate surface area is 148 Å². The second-order valence-corrected chi connectivity index (χ2v) is 7.93. The van der Waals surface area contributed by atoms with Gasteiger partial charge in [-0.25, -0.2) is 4.98 Å². The number of hydrogen-bond donors (Lipinski definition) is 2.